The lowest BCUT2D eigenvalue weighted by molar-refractivity contribution is 0.315. The second-order valence-corrected chi connectivity index (χ2v) is 5.83. The maximum absolute atomic E-state index is 11.8. The molecule has 2 heterocycles. The lowest BCUT2D eigenvalue weighted by atomic mass is 10.2. The molecule has 0 aliphatic carbocycles. The molecule has 0 amide bonds. The minimum atomic E-state index is -3.41. The monoisotopic (exact) mass is 282 g/mol. The third-order valence-electron chi connectivity index (χ3n) is 2.56. The second-order valence-electron chi connectivity index (χ2n) is 4.19. The number of hydrogen-bond acceptors (Lipinski definition) is 5. The molecule has 19 heavy (non-hydrogen) atoms. The Morgan fingerprint density at radius 1 is 1.42 bits per heavy atom. The van der Waals surface area contributed by atoms with Gasteiger partial charge in [-0.15, -0.1) is 0 Å². The van der Waals surface area contributed by atoms with Crippen molar-refractivity contribution in [2.75, 3.05) is 12.9 Å². The highest BCUT2D eigenvalue weighted by Crippen LogP contribution is 2.08. The molecular formula is C12H14N2O4S. The van der Waals surface area contributed by atoms with Crippen LogP contribution in [0.2, 0.25) is 0 Å². The molecule has 0 atom stereocenters. The summed E-state index contributed by atoms with van der Waals surface area (Å²) in [6.07, 6.45) is 3.66. The second kappa shape index (κ2) is 5.50. The summed E-state index contributed by atoms with van der Waals surface area (Å²) in [6, 6.07) is 5.20. The fourth-order valence-electron chi connectivity index (χ4n) is 1.75. The van der Waals surface area contributed by atoms with Crippen molar-refractivity contribution >= 4 is 21.0 Å². The van der Waals surface area contributed by atoms with Gasteiger partial charge in [-0.3, -0.25) is 14.0 Å². The van der Waals surface area contributed by atoms with Crippen LogP contribution < -0.4 is 5.56 Å². The van der Waals surface area contributed by atoms with Gasteiger partial charge in [0.1, 0.15) is 0 Å². The van der Waals surface area contributed by atoms with Crippen LogP contribution in [0.25, 0.3) is 10.9 Å². The Morgan fingerprint density at radius 2 is 2.21 bits per heavy atom. The molecule has 0 radical (unpaired) electrons. The lowest BCUT2D eigenvalue weighted by Crippen LogP contribution is -2.11. The van der Waals surface area contributed by atoms with Crippen LogP contribution in [0.15, 0.2) is 29.2 Å². The van der Waals surface area contributed by atoms with Gasteiger partial charge in [-0.25, -0.2) is 0 Å². The summed E-state index contributed by atoms with van der Waals surface area (Å²) in [5.41, 5.74) is 1.16. The van der Waals surface area contributed by atoms with E-state index in [1.165, 1.54) is 0 Å². The van der Waals surface area contributed by atoms with Gasteiger partial charge >= 0.3 is 0 Å². The standard InChI is InChI=1S/C12H14N2O4S/c1-19(16,17)18-7-3-4-9-8-11-10(12(15)14-9)5-2-6-13-11/h2,5-6,8H,3-4,7H2,1H3,(H,14,15). The molecule has 0 saturated heterocycles. The molecule has 1 N–H and O–H groups in total. The van der Waals surface area contributed by atoms with Crippen molar-refractivity contribution in [3.05, 3.63) is 40.4 Å². The highest BCUT2D eigenvalue weighted by molar-refractivity contribution is 7.85. The zero-order valence-corrected chi connectivity index (χ0v) is 11.2. The fourth-order valence-corrected chi connectivity index (χ4v) is 2.17. The Morgan fingerprint density at radius 3 is 2.95 bits per heavy atom. The number of nitrogens with one attached hydrogen (secondary N) is 1. The molecule has 102 valence electrons. The first kappa shape index (κ1) is 13.7. The van der Waals surface area contributed by atoms with Crippen molar-refractivity contribution in [2.45, 2.75) is 12.8 Å². The number of pyridine rings is 2. The van der Waals surface area contributed by atoms with Gasteiger partial charge in [-0.1, -0.05) is 0 Å². The summed E-state index contributed by atoms with van der Waals surface area (Å²) in [4.78, 5) is 18.6. The van der Waals surface area contributed by atoms with E-state index in [0.717, 1.165) is 6.26 Å². The Bertz CT molecular complexity index is 737. The molecule has 0 aliphatic heterocycles. The lowest BCUT2D eigenvalue weighted by Gasteiger charge is -2.03. The average molecular weight is 282 g/mol. The molecular weight excluding hydrogens is 268 g/mol. The molecule has 0 saturated carbocycles. The van der Waals surface area contributed by atoms with Gasteiger partial charge in [-0.05, 0) is 31.0 Å². The SMILES string of the molecule is CS(=O)(=O)OCCCc1cc2ncccc2c(=O)[nH]1. The van der Waals surface area contributed by atoms with Crippen molar-refractivity contribution in [3.63, 3.8) is 0 Å². The van der Waals surface area contributed by atoms with Crippen molar-refractivity contribution in [2.24, 2.45) is 0 Å². The molecule has 2 aromatic heterocycles. The van der Waals surface area contributed by atoms with Crippen LogP contribution in [0.3, 0.4) is 0 Å². The molecule has 0 spiro atoms. The normalized spacial score (nSPS) is 11.8. The van der Waals surface area contributed by atoms with Crippen molar-refractivity contribution in [1.29, 1.82) is 0 Å². The zero-order valence-electron chi connectivity index (χ0n) is 10.4. The van der Waals surface area contributed by atoms with E-state index >= 15 is 0 Å². The Hall–Kier alpha value is -1.73. The third kappa shape index (κ3) is 3.87. The van der Waals surface area contributed by atoms with Gasteiger partial charge in [0.25, 0.3) is 15.7 Å². The van der Waals surface area contributed by atoms with E-state index in [-0.39, 0.29) is 12.2 Å². The third-order valence-corrected chi connectivity index (χ3v) is 3.15. The number of aryl methyl sites for hydroxylation is 1. The van der Waals surface area contributed by atoms with E-state index in [2.05, 4.69) is 14.2 Å². The summed E-state index contributed by atoms with van der Waals surface area (Å²) in [6.45, 7) is 0.0983. The smallest absolute Gasteiger partial charge is 0.264 e. The van der Waals surface area contributed by atoms with Crippen molar-refractivity contribution < 1.29 is 12.6 Å². The molecule has 2 aromatic rings. The van der Waals surface area contributed by atoms with E-state index in [1.807, 2.05) is 0 Å². The summed E-state index contributed by atoms with van der Waals surface area (Å²) < 4.78 is 26.2. The highest BCUT2D eigenvalue weighted by atomic mass is 32.2. The van der Waals surface area contributed by atoms with E-state index in [0.29, 0.717) is 29.4 Å². The predicted octanol–water partition coefficient (Wildman–Crippen LogP) is 0.832. The topological polar surface area (TPSA) is 89.1 Å². The number of rotatable bonds is 5. The van der Waals surface area contributed by atoms with E-state index < -0.39 is 10.1 Å². The van der Waals surface area contributed by atoms with Gasteiger partial charge < -0.3 is 4.98 Å². The van der Waals surface area contributed by atoms with Gasteiger partial charge in [0.2, 0.25) is 0 Å². The number of aromatic amines is 1. The number of fused-ring (bicyclic) bond motifs is 1. The molecule has 0 bridgehead atoms. The van der Waals surface area contributed by atoms with Crippen LogP contribution >= 0.6 is 0 Å². The summed E-state index contributed by atoms with van der Waals surface area (Å²) in [5.74, 6) is 0. The minimum absolute atomic E-state index is 0.0983. The van der Waals surface area contributed by atoms with Crippen molar-refractivity contribution in [1.82, 2.24) is 9.97 Å². The quantitative estimate of drug-likeness (QED) is 0.648. The maximum Gasteiger partial charge on any atom is 0.264 e. The predicted molar refractivity (Wildman–Crippen MR) is 71.5 cm³/mol. The first-order valence-electron chi connectivity index (χ1n) is 5.77. The average Bonchev–Trinajstić information content (AvgIpc) is 2.34. The Kier molecular flexibility index (Phi) is 3.96. The van der Waals surface area contributed by atoms with Crippen LogP contribution in [0.5, 0.6) is 0 Å². The van der Waals surface area contributed by atoms with Crippen molar-refractivity contribution in [3.8, 4) is 0 Å². The number of H-pyrrole nitrogens is 1. The van der Waals surface area contributed by atoms with E-state index in [1.54, 1.807) is 24.4 Å². The number of hydrogen-bond donors (Lipinski definition) is 1. The fraction of sp³-hybridized carbons (Fsp3) is 0.333. The van der Waals surface area contributed by atoms with Gasteiger partial charge in [-0.2, -0.15) is 8.42 Å². The number of nitrogens with zero attached hydrogens (tertiary/aromatic N) is 1. The Balaban J connectivity index is 2.08. The van der Waals surface area contributed by atoms with Crippen LogP contribution in [0, 0.1) is 0 Å². The van der Waals surface area contributed by atoms with Crippen LogP contribution in [0.4, 0.5) is 0 Å². The Labute approximate surface area is 110 Å². The van der Waals surface area contributed by atoms with Crippen LogP contribution in [-0.4, -0.2) is 31.2 Å². The highest BCUT2D eigenvalue weighted by Gasteiger charge is 2.04. The van der Waals surface area contributed by atoms with Crippen LogP contribution in [-0.2, 0) is 20.7 Å². The van der Waals surface area contributed by atoms with Gasteiger partial charge in [0.05, 0.1) is 23.8 Å². The molecule has 2 rings (SSSR count). The molecule has 0 aliphatic rings. The molecule has 0 unspecified atom stereocenters. The molecule has 7 heteroatoms. The van der Waals surface area contributed by atoms with E-state index in [4.69, 9.17) is 0 Å². The molecule has 6 nitrogen and oxygen atoms in total. The van der Waals surface area contributed by atoms with E-state index in [9.17, 15) is 13.2 Å². The maximum atomic E-state index is 11.8. The minimum Gasteiger partial charge on any atom is -0.326 e. The number of aromatic nitrogens is 2. The largest absolute Gasteiger partial charge is 0.326 e. The zero-order chi connectivity index (χ0) is 13.9. The molecule has 0 aromatic carbocycles. The van der Waals surface area contributed by atoms with Crippen LogP contribution in [0.1, 0.15) is 12.1 Å². The van der Waals surface area contributed by atoms with Gasteiger partial charge in [0, 0.05) is 11.9 Å². The first-order chi connectivity index (χ1) is 8.96. The summed E-state index contributed by atoms with van der Waals surface area (Å²) in [5, 5.41) is 0.540. The summed E-state index contributed by atoms with van der Waals surface area (Å²) in [7, 11) is -3.41. The molecule has 0 fully saturated rings. The summed E-state index contributed by atoms with van der Waals surface area (Å²) >= 11 is 0. The van der Waals surface area contributed by atoms with Gasteiger partial charge in [0.15, 0.2) is 0 Å². The first-order valence-corrected chi connectivity index (χ1v) is 7.59.